The zero-order valence-electron chi connectivity index (χ0n) is 19.3. The van der Waals surface area contributed by atoms with Gasteiger partial charge in [-0.1, -0.05) is 43.5 Å². The average Bonchev–Trinajstić information content (AvgIpc) is 2.71. The van der Waals surface area contributed by atoms with Crippen molar-refractivity contribution in [2.45, 2.75) is 82.8 Å². The Morgan fingerprint density at radius 1 is 0.844 bits per heavy atom. The molecule has 0 spiro atoms. The fourth-order valence-corrected chi connectivity index (χ4v) is 3.73. The van der Waals surface area contributed by atoms with E-state index in [0.29, 0.717) is 18.8 Å². The van der Waals surface area contributed by atoms with Crippen molar-refractivity contribution in [3.05, 3.63) is 59.7 Å². The van der Waals surface area contributed by atoms with E-state index in [4.69, 9.17) is 14.6 Å². The second-order valence-corrected chi connectivity index (χ2v) is 10.5. The molecule has 0 heterocycles. The van der Waals surface area contributed by atoms with E-state index in [1.165, 1.54) is 17.7 Å². The normalized spacial score (nSPS) is 11.9. The predicted octanol–water partition coefficient (Wildman–Crippen LogP) is 5.14. The van der Waals surface area contributed by atoms with E-state index in [0.717, 1.165) is 44.1 Å². The van der Waals surface area contributed by atoms with E-state index in [1.807, 2.05) is 20.8 Å². The molecule has 2 aromatic carbocycles. The minimum atomic E-state index is -3.69. The zero-order chi connectivity index (χ0) is 23.6. The van der Waals surface area contributed by atoms with Gasteiger partial charge in [0.05, 0.1) is 4.90 Å². The molecule has 0 saturated carbocycles. The minimum absolute atomic E-state index is 0.0669. The monoisotopic (exact) mass is 461 g/mol. The van der Waals surface area contributed by atoms with Gasteiger partial charge in [0.1, 0.15) is 18.0 Å². The van der Waals surface area contributed by atoms with Crippen LogP contribution in [0.4, 0.5) is 0 Å². The maximum atomic E-state index is 11.7. The van der Waals surface area contributed by atoms with E-state index in [1.54, 1.807) is 12.1 Å². The molecule has 0 radical (unpaired) electrons. The smallest absolute Gasteiger partial charge is 0.306 e. The summed E-state index contributed by atoms with van der Waals surface area (Å²) in [5.74, 6) is 0.482. The summed E-state index contributed by atoms with van der Waals surface area (Å²) >= 11 is 0. The van der Waals surface area contributed by atoms with Gasteiger partial charge in [-0.15, -0.1) is 0 Å². The van der Waals surface area contributed by atoms with Gasteiger partial charge in [-0.3, -0.25) is 4.79 Å². The number of sulfonamides is 1. The number of rotatable bonds is 12. The van der Waals surface area contributed by atoms with Crippen LogP contribution in [0.1, 0.15) is 70.4 Å². The third-order valence-electron chi connectivity index (χ3n) is 4.85. The molecule has 176 valence electrons. The summed E-state index contributed by atoms with van der Waals surface area (Å²) < 4.78 is 33.6. The maximum Gasteiger partial charge on any atom is 0.306 e. The van der Waals surface area contributed by atoms with Gasteiger partial charge in [0, 0.05) is 6.42 Å². The van der Waals surface area contributed by atoms with Crippen molar-refractivity contribution in [1.29, 1.82) is 0 Å². The summed E-state index contributed by atoms with van der Waals surface area (Å²) in [4.78, 5) is 11.7. The number of carbonyl (C=O) groups excluding carboxylic acids is 1. The summed E-state index contributed by atoms with van der Waals surface area (Å²) in [5.41, 5.74) is 1.94. The van der Waals surface area contributed by atoms with Crippen LogP contribution < -0.4 is 9.88 Å². The van der Waals surface area contributed by atoms with Crippen molar-refractivity contribution in [3.8, 4) is 5.75 Å². The molecule has 7 heteroatoms. The van der Waals surface area contributed by atoms with Crippen molar-refractivity contribution in [2.24, 2.45) is 5.14 Å². The van der Waals surface area contributed by atoms with Crippen LogP contribution in [0.5, 0.6) is 5.75 Å². The third kappa shape index (κ3) is 10.3. The number of hydrogen-bond donors (Lipinski definition) is 1. The molecule has 0 amide bonds. The molecule has 32 heavy (non-hydrogen) atoms. The SMILES string of the molecule is CC(C)(C)OC(=O)CCCCCCCc1ccc(COc2ccc(S(N)(=O)=O)cc2)cc1. The first-order valence-corrected chi connectivity index (χ1v) is 12.6. The molecule has 0 unspecified atom stereocenters. The largest absolute Gasteiger partial charge is 0.489 e. The first-order chi connectivity index (χ1) is 15.0. The number of benzene rings is 2. The fraction of sp³-hybridized carbons (Fsp3) is 0.480. The molecular weight excluding hydrogens is 426 g/mol. The highest BCUT2D eigenvalue weighted by Gasteiger charge is 2.15. The topological polar surface area (TPSA) is 95.7 Å². The van der Waals surface area contributed by atoms with Crippen molar-refractivity contribution in [1.82, 2.24) is 0 Å². The van der Waals surface area contributed by atoms with E-state index in [-0.39, 0.29) is 10.9 Å². The molecule has 6 nitrogen and oxygen atoms in total. The molecule has 2 N–H and O–H groups in total. The highest BCUT2D eigenvalue weighted by atomic mass is 32.2. The Balaban J connectivity index is 1.61. The van der Waals surface area contributed by atoms with Crippen molar-refractivity contribution in [3.63, 3.8) is 0 Å². The minimum Gasteiger partial charge on any atom is -0.489 e. The lowest BCUT2D eigenvalue weighted by Gasteiger charge is -2.19. The van der Waals surface area contributed by atoms with Crippen molar-refractivity contribution < 1.29 is 22.7 Å². The number of aryl methyl sites for hydroxylation is 1. The Bertz CT molecular complexity index is 945. The van der Waals surface area contributed by atoms with Gasteiger partial charge in [0.15, 0.2) is 0 Å². The first kappa shape index (κ1) is 25.9. The lowest BCUT2D eigenvalue weighted by molar-refractivity contribution is -0.154. The van der Waals surface area contributed by atoms with E-state index in [9.17, 15) is 13.2 Å². The molecular formula is C25H35NO5S. The van der Waals surface area contributed by atoms with Crippen molar-refractivity contribution in [2.75, 3.05) is 0 Å². The Morgan fingerprint density at radius 3 is 2.00 bits per heavy atom. The highest BCUT2D eigenvalue weighted by molar-refractivity contribution is 7.89. The lowest BCUT2D eigenvalue weighted by atomic mass is 10.0. The Hall–Kier alpha value is -2.38. The number of primary sulfonamides is 1. The first-order valence-electron chi connectivity index (χ1n) is 11.1. The summed E-state index contributed by atoms with van der Waals surface area (Å²) in [6, 6.07) is 14.4. The van der Waals surface area contributed by atoms with E-state index in [2.05, 4.69) is 24.3 Å². The highest BCUT2D eigenvalue weighted by Crippen LogP contribution is 2.17. The average molecular weight is 462 g/mol. The number of esters is 1. The van der Waals surface area contributed by atoms with Crippen LogP contribution in [0.2, 0.25) is 0 Å². The summed E-state index contributed by atoms with van der Waals surface area (Å²) in [7, 11) is -3.69. The fourth-order valence-electron chi connectivity index (χ4n) is 3.22. The molecule has 0 aromatic heterocycles. The molecule has 2 rings (SSSR count). The number of nitrogens with two attached hydrogens (primary N) is 1. The van der Waals surface area contributed by atoms with E-state index >= 15 is 0 Å². The van der Waals surface area contributed by atoms with E-state index < -0.39 is 15.6 Å². The quantitative estimate of drug-likeness (QED) is 0.349. The molecule has 0 aliphatic heterocycles. The van der Waals surface area contributed by atoms with Crippen LogP contribution in [0, 0.1) is 0 Å². The summed E-state index contributed by atoms with van der Waals surface area (Å²) in [6.45, 7) is 6.08. The maximum absolute atomic E-state index is 11.7. The van der Waals surface area contributed by atoms with Crippen molar-refractivity contribution >= 4 is 16.0 Å². The van der Waals surface area contributed by atoms with Gasteiger partial charge in [0.25, 0.3) is 0 Å². The van der Waals surface area contributed by atoms with Crippen LogP contribution >= 0.6 is 0 Å². The van der Waals surface area contributed by atoms with Gasteiger partial charge in [-0.05, 0) is 75.4 Å². The molecule has 0 atom stereocenters. The van der Waals surface area contributed by atoms with Gasteiger partial charge >= 0.3 is 5.97 Å². The van der Waals surface area contributed by atoms with Gasteiger partial charge < -0.3 is 9.47 Å². The van der Waals surface area contributed by atoms with Crippen LogP contribution in [-0.4, -0.2) is 20.0 Å². The molecule has 0 aliphatic carbocycles. The molecule has 0 bridgehead atoms. The predicted molar refractivity (Wildman–Crippen MR) is 126 cm³/mol. The standard InChI is InChI=1S/C25H35NO5S/c1-25(2,3)31-24(27)10-8-6-4-5-7-9-20-11-13-21(14-12-20)19-30-22-15-17-23(18-16-22)32(26,28)29/h11-18H,4-10,19H2,1-3H3,(H2,26,28,29). The summed E-state index contributed by atoms with van der Waals surface area (Å²) in [5, 5.41) is 5.09. The second kappa shape index (κ2) is 12.0. The Kier molecular flexibility index (Phi) is 9.72. The number of unbranched alkanes of at least 4 members (excludes halogenated alkanes) is 4. The number of ether oxygens (including phenoxy) is 2. The second-order valence-electron chi connectivity index (χ2n) is 8.98. The molecule has 2 aromatic rings. The number of hydrogen-bond acceptors (Lipinski definition) is 5. The van der Waals surface area contributed by atoms with Crippen LogP contribution in [0.15, 0.2) is 53.4 Å². The lowest BCUT2D eigenvalue weighted by Crippen LogP contribution is -2.23. The number of carbonyl (C=O) groups is 1. The van der Waals surface area contributed by atoms with Gasteiger partial charge in [0.2, 0.25) is 10.0 Å². The molecule has 0 fully saturated rings. The van der Waals surface area contributed by atoms with Crippen LogP contribution in [0.3, 0.4) is 0 Å². The summed E-state index contributed by atoms with van der Waals surface area (Å²) in [6.07, 6.45) is 6.85. The Morgan fingerprint density at radius 2 is 1.41 bits per heavy atom. The molecule has 0 saturated heterocycles. The van der Waals surface area contributed by atoms with Crippen LogP contribution in [0.25, 0.3) is 0 Å². The van der Waals surface area contributed by atoms with Gasteiger partial charge in [-0.25, -0.2) is 13.6 Å². The zero-order valence-corrected chi connectivity index (χ0v) is 20.1. The third-order valence-corrected chi connectivity index (χ3v) is 5.78. The molecule has 0 aliphatic rings. The Labute approximate surface area is 192 Å². The van der Waals surface area contributed by atoms with Crippen LogP contribution in [-0.2, 0) is 32.6 Å². The van der Waals surface area contributed by atoms with Gasteiger partial charge in [-0.2, -0.15) is 0 Å².